The minimum Gasteiger partial charge on any atom is -0.464 e. The minimum atomic E-state index is -3.36. The number of carbonyl (C=O) groups is 1. The first-order valence-electron chi connectivity index (χ1n) is 9.17. The third-order valence-corrected chi connectivity index (χ3v) is 6.80. The van der Waals surface area contributed by atoms with Crippen molar-refractivity contribution in [2.45, 2.75) is 32.1 Å². The van der Waals surface area contributed by atoms with Crippen molar-refractivity contribution in [2.75, 3.05) is 20.1 Å². The van der Waals surface area contributed by atoms with Crippen molar-refractivity contribution in [3.63, 3.8) is 0 Å². The fraction of sp³-hybridized carbons (Fsp3) is 0.450. The quantitative estimate of drug-likeness (QED) is 0.760. The molecule has 1 aliphatic rings. The van der Waals surface area contributed by atoms with Gasteiger partial charge in [-0.3, -0.25) is 4.79 Å². The van der Waals surface area contributed by atoms with Crippen molar-refractivity contribution in [1.82, 2.24) is 9.21 Å². The number of rotatable bonds is 6. The zero-order valence-corrected chi connectivity index (χ0v) is 16.6. The summed E-state index contributed by atoms with van der Waals surface area (Å²) in [5.74, 6) is 1.48. The zero-order valence-electron chi connectivity index (χ0n) is 15.8. The SMILES string of the molecule is Cc1ccc(CN(C)C(=O)C2CCN(S(=O)(=O)Cc3ccccc3)CC2)o1. The molecule has 0 N–H and O–H groups in total. The summed E-state index contributed by atoms with van der Waals surface area (Å²) in [7, 11) is -1.60. The number of nitrogens with zero attached hydrogens (tertiary/aromatic N) is 2. The van der Waals surface area contributed by atoms with Crippen molar-refractivity contribution in [2.24, 2.45) is 5.92 Å². The summed E-state index contributed by atoms with van der Waals surface area (Å²) >= 11 is 0. The van der Waals surface area contributed by atoms with Gasteiger partial charge in [0.2, 0.25) is 15.9 Å². The van der Waals surface area contributed by atoms with E-state index in [1.165, 1.54) is 4.31 Å². The molecule has 0 unspecified atom stereocenters. The van der Waals surface area contributed by atoms with Crippen LogP contribution in [0.5, 0.6) is 0 Å². The fourth-order valence-electron chi connectivity index (χ4n) is 3.45. The second-order valence-electron chi connectivity index (χ2n) is 7.12. The van der Waals surface area contributed by atoms with Crippen LogP contribution in [-0.2, 0) is 27.1 Å². The molecule has 146 valence electrons. The van der Waals surface area contributed by atoms with Crippen LogP contribution in [0.2, 0.25) is 0 Å². The number of benzene rings is 1. The van der Waals surface area contributed by atoms with Crippen LogP contribution in [0.3, 0.4) is 0 Å². The van der Waals surface area contributed by atoms with Crippen LogP contribution < -0.4 is 0 Å². The van der Waals surface area contributed by atoms with Crippen LogP contribution in [0.4, 0.5) is 0 Å². The number of hydrogen-bond acceptors (Lipinski definition) is 4. The van der Waals surface area contributed by atoms with E-state index in [2.05, 4.69) is 0 Å². The molecular formula is C20H26N2O4S. The minimum absolute atomic E-state index is 0.00417. The standard InChI is InChI=1S/C20H26N2O4S/c1-16-8-9-19(26-16)14-21(2)20(23)18-10-12-22(13-11-18)27(24,25)15-17-6-4-3-5-7-17/h3-9,18H,10-15H2,1-2H3. The summed E-state index contributed by atoms with van der Waals surface area (Å²) < 4.78 is 32.3. The first kappa shape index (κ1) is 19.6. The lowest BCUT2D eigenvalue weighted by Gasteiger charge is -2.32. The van der Waals surface area contributed by atoms with Crippen LogP contribution >= 0.6 is 0 Å². The Morgan fingerprint density at radius 1 is 1.15 bits per heavy atom. The highest BCUT2D eigenvalue weighted by Gasteiger charge is 2.32. The van der Waals surface area contributed by atoms with E-state index in [1.54, 1.807) is 11.9 Å². The molecule has 0 aliphatic carbocycles. The lowest BCUT2D eigenvalue weighted by atomic mass is 9.96. The molecule has 0 spiro atoms. The molecule has 1 aromatic heterocycles. The number of amides is 1. The van der Waals surface area contributed by atoms with Gasteiger partial charge in [0.15, 0.2) is 0 Å². The maximum absolute atomic E-state index is 12.7. The number of hydrogen-bond donors (Lipinski definition) is 0. The molecule has 27 heavy (non-hydrogen) atoms. The highest BCUT2D eigenvalue weighted by Crippen LogP contribution is 2.24. The maximum Gasteiger partial charge on any atom is 0.225 e. The topological polar surface area (TPSA) is 70.8 Å². The van der Waals surface area contributed by atoms with Gasteiger partial charge in [-0.15, -0.1) is 0 Å². The van der Waals surface area contributed by atoms with Crippen LogP contribution in [0.1, 0.15) is 29.9 Å². The van der Waals surface area contributed by atoms with Gasteiger partial charge in [0.1, 0.15) is 11.5 Å². The first-order valence-corrected chi connectivity index (χ1v) is 10.8. The van der Waals surface area contributed by atoms with Gasteiger partial charge in [-0.25, -0.2) is 12.7 Å². The lowest BCUT2D eigenvalue weighted by Crippen LogP contribution is -2.43. The molecule has 1 aromatic carbocycles. The fourth-order valence-corrected chi connectivity index (χ4v) is 5.01. The molecule has 1 aliphatic heterocycles. The Morgan fingerprint density at radius 2 is 1.81 bits per heavy atom. The largest absolute Gasteiger partial charge is 0.464 e. The van der Waals surface area contributed by atoms with Crippen molar-refractivity contribution >= 4 is 15.9 Å². The first-order chi connectivity index (χ1) is 12.8. The lowest BCUT2D eigenvalue weighted by molar-refractivity contribution is -0.136. The zero-order chi connectivity index (χ0) is 19.4. The van der Waals surface area contributed by atoms with Crippen LogP contribution in [0.15, 0.2) is 46.9 Å². The smallest absolute Gasteiger partial charge is 0.225 e. The normalized spacial score (nSPS) is 16.4. The summed E-state index contributed by atoms with van der Waals surface area (Å²) in [6.07, 6.45) is 1.10. The highest BCUT2D eigenvalue weighted by atomic mass is 32.2. The molecule has 2 aromatic rings. The van der Waals surface area contributed by atoms with E-state index in [1.807, 2.05) is 49.4 Å². The van der Waals surface area contributed by atoms with E-state index < -0.39 is 10.0 Å². The molecule has 0 radical (unpaired) electrons. The van der Waals surface area contributed by atoms with Crippen LogP contribution in [0.25, 0.3) is 0 Å². The van der Waals surface area contributed by atoms with Gasteiger partial charge in [-0.2, -0.15) is 0 Å². The molecule has 1 fully saturated rings. The van der Waals surface area contributed by atoms with Crippen molar-refractivity contribution in [3.8, 4) is 0 Å². The van der Waals surface area contributed by atoms with E-state index in [0.717, 1.165) is 17.1 Å². The third-order valence-electron chi connectivity index (χ3n) is 4.95. The molecule has 0 bridgehead atoms. The number of aryl methyl sites for hydroxylation is 1. The molecule has 7 heteroatoms. The molecule has 1 amide bonds. The van der Waals surface area contributed by atoms with Crippen LogP contribution in [0, 0.1) is 12.8 Å². The summed E-state index contributed by atoms with van der Waals surface area (Å²) in [5.41, 5.74) is 0.782. The maximum atomic E-state index is 12.7. The van der Waals surface area contributed by atoms with Crippen molar-refractivity contribution < 1.29 is 17.6 Å². The number of piperidine rings is 1. The summed E-state index contributed by atoms with van der Waals surface area (Å²) in [5, 5.41) is 0. The molecule has 0 atom stereocenters. The Morgan fingerprint density at radius 3 is 2.41 bits per heavy atom. The molecule has 6 nitrogen and oxygen atoms in total. The average molecular weight is 391 g/mol. The van der Waals surface area contributed by atoms with E-state index in [4.69, 9.17) is 4.42 Å². The molecular weight excluding hydrogens is 364 g/mol. The monoisotopic (exact) mass is 390 g/mol. The van der Waals surface area contributed by atoms with E-state index in [0.29, 0.717) is 32.5 Å². The van der Waals surface area contributed by atoms with Gasteiger partial charge < -0.3 is 9.32 Å². The van der Waals surface area contributed by atoms with E-state index in [9.17, 15) is 13.2 Å². The summed E-state index contributed by atoms with van der Waals surface area (Å²) in [6.45, 7) is 3.08. The predicted octanol–water partition coefficient (Wildman–Crippen LogP) is 2.79. The Bertz CT molecular complexity index is 868. The third kappa shape index (κ3) is 4.99. The van der Waals surface area contributed by atoms with Crippen molar-refractivity contribution in [3.05, 3.63) is 59.5 Å². The van der Waals surface area contributed by atoms with Gasteiger partial charge in [-0.05, 0) is 37.5 Å². The average Bonchev–Trinajstić information content (AvgIpc) is 3.06. The Balaban J connectivity index is 1.54. The van der Waals surface area contributed by atoms with E-state index >= 15 is 0 Å². The number of carbonyl (C=O) groups excluding carboxylic acids is 1. The Hall–Kier alpha value is -2.12. The number of sulfonamides is 1. The summed E-state index contributed by atoms with van der Waals surface area (Å²) in [4.78, 5) is 14.3. The van der Waals surface area contributed by atoms with E-state index in [-0.39, 0.29) is 17.6 Å². The van der Waals surface area contributed by atoms with Crippen molar-refractivity contribution in [1.29, 1.82) is 0 Å². The Labute approximate surface area is 160 Å². The Kier molecular flexibility index (Phi) is 6.01. The summed E-state index contributed by atoms with van der Waals surface area (Å²) in [6, 6.07) is 12.9. The van der Waals surface area contributed by atoms with Gasteiger partial charge in [-0.1, -0.05) is 30.3 Å². The predicted molar refractivity (Wildman–Crippen MR) is 103 cm³/mol. The second-order valence-corrected chi connectivity index (χ2v) is 9.09. The van der Waals surface area contributed by atoms with Gasteiger partial charge in [0.05, 0.1) is 12.3 Å². The molecule has 2 heterocycles. The highest BCUT2D eigenvalue weighted by molar-refractivity contribution is 7.88. The second kappa shape index (κ2) is 8.27. The molecule has 3 rings (SSSR count). The number of furan rings is 1. The molecule has 1 saturated heterocycles. The van der Waals surface area contributed by atoms with Gasteiger partial charge in [0, 0.05) is 26.1 Å². The van der Waals surface area contributed by atoms with Crippen LogP contribution in [-0.4, -0.2) is 43.7 Å². The van der Waals surface area contributed by atoms with Gasteiger partial charge in [0.25, 0.3) is 0 Å². The van der Waals surface area contributed by atoms with Gasteiger partial charge >= 0.3 is 0 Å². The molecule has 0 saturated carbocycles.